The second kappa shape index (κ2) is 9.93. The molecule has 44 heavy (non-hydrogen) atoms. The van der Waals surface area contributed by atoms with Crippen molar-refractivity contribution in [1.82, 2.24) is 0 Å². The summed E-state index contributed by atoms with van der Waals surface area (Å²) in [5, 5.41) is 12.7. The summed E-state index contributed by atoms with van der Waals surface area (Å²) < 4.78 is 0. The molecule has 9 aromatic rings. The first kappa shape index (κ1) is 24.8. The normalized spacial score (nSPS) is 11.6. The van der Waals surface area contributed by atoms with Crippen LogP contribution in [0.5, 0.6) is 0 Å². The molecule has 0 unspecified atom stereocenters. The highest BCUT2D eigenvalue weighted by atomic mass is 14.2. The average Bonchev–Trinajstić information content (AvgIpc) is 3.10. The molecule has 9 aromatic carbocycles. The van der Waals surface area contributed by atoms with Crippen LogP contribution < -0.4 is 0 Å². The molecule has 0 heteroatoms. The number of rotatable bonds is 3. The Morgan fingerprint density at radius 3 is 1.32 bits per heavy atom. The maximum absolute atomic E-state index is 2.39. The van der Waals surface area contributed by atoms with Crippen molar-refractivity contribution in [3.05, 3.63) is 170 Å². The van der Waals surface area contributed by atoms with Crippen LogP contribution in [0.25, 0.3) is 87.2 Å². The Balaban J connectivity index is 1.37. The van der Waals surface area contributed by atoms with Gasteiger partial charge in [0.05, 0.1) is 0 Å². The van der Waals surface area contributed by atoms with Crippen molar-refractivity contribution in [3.63, 3.8) is 0 Å². The summed E-state index contributed by atoms with van der Waals surface area (Å²) in [7, 11) is 0. The molecule has 0 radical (unpaired) electrons. The fourth-order valence-electron chi connectivity index (χ4n) is 6.97. The first-order valence-corrected chi connectivity index (χ1v) is 15.3. The lowest BCUT2D eigenvalue weighted by Crippen LogP contribution is -1.90. The summed E-state index contributed by atoms with van der Waals surface area (Å²) in [6, 6.07) is 62.6. The minimum Gasteiger partial charge on any atom is -0.0616 e. The second-order valence-corrected chi connectivity index (χ2v) is 11.8. The summed E-state index contributed by atoms with van der Waals surface area (Å²) in [5.74, 6) is 0. The van der Waals surface area contributed by atoms with Gasteiger partial charge in [0.2, 0.25) is 0 Å². The van der Waals surface area contributed by atoms with E-state index in [0.29, 0.717) is 0 Å². The van der Waals surface area contributed by atoms with Crippen molar-refractivity contribution in [2.24, 2.45) is 0 Å². The van der Waals surface area contributed by atoms with E-state index in [0.717, 1.165) is 0 Å². The summed E-state index contributed by atoms with van der Waals surface area (Å²) in [4.78, 5) is 0. The summed E-state index contributed by atoms with van der Waals surface area (Å²) in [6.45, 7) is 0. The quantitative estimate of drug-likeness (QED) is 0.150. The van der Waals surface area contributed by atoms with Gasteiger partial charge in [0.15, 0.2) is 0 Å². The fourth-order valence-corrected chi connectivity index (χ4v) is 6.97. The Morgan fingerprint density at radius 2 is 0.682 bits per heavy atom. The van der Waals surface area contributed by atoms with Gasteiger partial charge in [-0.25, -0.2) is 0 Å². The second-order valence-electron chi connectivity index (χ2n) is 11.8. The molecule has 0 amide bonds. The van der Waals surface area contributed by atoms with E-state index in [9.17, 15) is 0 Å². The maximum atomic E-state index is 2.39. The molecule has 0 saturated carbocycles. The minimum atomic E-state index is 1.22. The summed E-state index contributed by atoms with van der Waals surface area (Å²) >= 11 is 0. The highest BCUT2D eigenvalue weighted by Gasteiger charge is 2.15. The molecule has 0 bridgehead atoms. The van der Waals surface area contributed by atoms with Crippen LogP contribution in [-0.2, 0) is 0 Å². The zero-order valence-corrected chi connectivity index (χ0v) is 24.2. The largest absolute Gasteiger partial charge is 0.0616 e. The van der Waals surface area contributed by atoms with E-state index in [4.69, 9.17) is 0 Å². The smallest absolute Gasteiger partial charge is 0.00262 e. The van der Waals surface area contributed by atoms with E-state index >= 15 is 0 Å². The van der Waals surface area contributed by atoms with E-state index in [1.807, 2.05) is 0 Å². The molecule has 0 aliphatic carbocycles. The van der Waals surface area contributed by atoms with E-state index in [1.165, 1.54) is 87.2 Å². The van der Waals surface area contributed by atoms with Crippen LogP contribution in [0.2, 0.25) is 0 Å². The molecule has 0 atom stereocenters. The van der Waals surface area contributed by atoms with Gasteiger partial charge in [0, 0.05) is 0 Å². The minimum absolute atomic E-state index is 1.22. The molecule has 0 aliphatic rings. The molecule has 0 saturated heterocycles. The van der Waals surface area contributed by atoms with Gasteiger partial charge in [-0.2, -0.15) is 0 Å². The van der Waals surface area contributed by atoms with Crippen molar-refractivity contribution in [3.8, 4) is 33.4 Å². The number of hydrogen-bond acceptors (Lipinski definition) is 0. The molecule has 9 rings (SSSR count). The van der Waals surface area contributed by atoms with Crippen LogP contribution >= 0.6 is 0 Å². The van der Waals surface area contributed by atoms with Gasteiger partial charge in [0.1, 0.15) is 0 Å². The Hall–Kier alpha value is -5.72. The molecule has 0 spiro atoms. The van der Waals surface area contributed by atoms with Crippen LogP contribution in [0.3, 0.4) is 0 Å². The third kappa shape index (κ3) is 4.07. The monoisotopic (exact) mass is 556 g/mol. The van der Waals surface area contributed by atoms with Crippen molar-refractivity contribution >= 4 is 53.9 Å². The van der Waals surface area contributed by atoms with Gasteiger partial charge >= 0.3 is 0 Å². The highest BCUT2D eigenvalue weighted by Crippen LogP contribution is 2.42. The van der Waals surface area contributed by atoms with Gasteiger partial charge < -0.3 is 0 Å². The Morgan fingerprint density at radius 1 is 0.205 bits per heavy atom. The van der Waals surface area contributed by atoms with Crippen LogP contribution in [0, 0.1) is 0 Å². The first-order chi connectivity index (χ1) is 21.8. The Labute approximate surface area is 256 Å². The molecule has 0 aliphatic heterocycles. The molecule has 0 nitrogen and oxygen atoms in total. The van der Waals surface area contributed by atoms with Crippen LogP contribution in [-0.4, -0.2) is 0 Å². The van der Waals surface area contributed by atoms with Crippen LogP contribution in [0.15, 0.2) is 170 Å². The maximum Gasteiger partial charge on any atom is -0.00262 e. The third-order valence-corrected chi connectivity index (χ3v) is 9.16. The van der Waals surface area contributed by atoms with E-state index in [1.54, 1.807) is 0 Å². The molecule has 0 heterocycles. The molecule has 0 N–H and O–H groups in total. The average molecular weight is 557 g/mol. The van der Waals surface area contributed by atoms with Gasteiger partial charge in [-0.15, -0.1) is 0 Å². The molecular formula is C44H28. The van der Waals surface area contributed by atoms with Crippen molar-refractivity contribution in [1.29, 1.82) is 0 Å². The van der Waals surface area contributed by atoms with E-state index in [-0.39, 0.29) is 0 Å². The Kier molecular flexibility index (Phi) is 5.61. The lowest BCUT2D eigenvalue weighted by molar-refractivity contribution is 1.60. The lowest BCUT2D eigenvalue weighted by Gasteiger charge is -2.17. The zero-order valence-electron chi connectivity index (χ0n) is 24.2. The van der Waals surface area contributed by atoms with Gasteiger partial charge in [-0.05, 0) is 124 Å². The standard InChI is InChI=1S/C44H28/c1-3-12-32-23-34(19-17-29(32)9-1)37-25-38(35-20-18-30-10-2-4-13-33(30)24-35)27-39(26-37)44-41-16-8-6-14-36(41)28-43-40-15-7-5-11-31(40)21-22-42(43)44/h1-28H. The van der Waals surface area contributed by atoms with Crippen molar-refractivity contribution in [2.75, 3.05) is 0 Å². The molecule has 0 fully saturated rings. The van der Waals surface area contributed by atoms with E-state index in [2.05, 4.69) is 170 Å². The predicted octanol–water partition coefficient (Wildman–Crippen LogP) is 12.5. The van der Waals surface area contributed by atoms with E-state index < -0.39 is 0 Å². The fraction of sp³-hybridized carbons (Fsp3) is 0. The van der Waals surface area contributed by atoms with Crippen molar-refractivity contribution < 1.29 is 0 Å². The van der Waals surface area contributed by atoms with Crippen LogP contribution in [0.1, 0.15) is 0 Å². The molecule has 204 valence electrons. The summed E-state index contributed by atoms with van der Waals surface area (Å²) in [6.07, 6.45) is 0. The third-order valence-electron chi connectivity index (χ3n) is 9.16. The SMILES string of the molecule is c1ccc2cc(-c3cc(-c4ccc5ccccc5c4)cc(-c4c5ccccc5cc5c4ccc4ccccc45)c3)ccc2c1. The van der Waals surface area contributed by atoms with Gasteiger partial charge in [-0.1, -0.05) is 133 Å². The molecule has 0 aromatic heterocycles. The number of benzene rings is 9. The topological polar surface area (TPSA) is 0 Å². The Bertz CT molecular complexity index is 2450. The lowest BCUT2D eigenvalue weighted by atomic mass is 9.86. The van der Waals surface area contributed by atoms with Crippen LogP contribution in [0.4, 0.5) is 0 Å². The number of fused-ring (bicyclic) bond motifs is 6. The van der Waals surface area contributed by atoms with Gasteiger partial charge in [-0.3, -0.25) is 0 Å². The predicted molar refractivity (Wildman–Crippen MR) is 190 cm³/mol. The number of hydrogen-bond donors (Lipinski definition) is 0. The summed E-state index contributed by atoms with van der Waals surface area (Å²) in [5.41, 5.74) is 7.41. The van der Waals surface area contributed by atoms with Crippen molar-refractivity contribution in [2.45, 2.75) is 0 Å². The first-order valence-electron chi connectivity index (χ1n) is 15.3. The van der Waals surface area contributed by atoms with Gasteiger partial charge in [0.25, 0.3) is 0 Å². The zero-order chi connectivity index (χ0) is 29.0. The molecular weight excluding hydrogens is 528 g/mol. The highest BCUT2D eigenvalue weighted by molar-refractivity contribution is 6.20.